The monoisotopic (exact) mass is 367 g/mol. The van der Waals surface area contributed by atoms with E-state index in [0.29, 0.717) is 5.69 Å². The maximum absolute atomic E-state index is 13.1. The highest BCUT2D eigenvalue weighted by molar-refractivity contribution is 7.13. The summed E-state index contributed by atoms with van der Waals surface area (Å²) < 4.78 is 19.2. The summed E-state index contributed by atoms with van der Waals surface area (Å²) in [6.45, 7) is 0.0640. The Bertz CT molecular complexity index is 920. The number of nitrogens with one attached hydrogen (secondary N) is 1. The number of anilines is 1. The second kappa shape index (κ2) is 6.98. The Morgan fingerprint density at radius 3 is 2.96 bits per heavy atom. The molecule has 6 nitrogen and oxygen atoms in total. The van der Waals surface area contributed by atoms with E-state index < -0.39 is 11.6 Å². The van der Waals surface area contributed by atoms with E-state index >= 15 is 0 Å². The fraction of sp³-hybridized carbons (Fsp3) is 0.133. The maximum Gasteiger partial charge on any atom is 0.437 e. The lowest BCUT2D eigenvalue weighted by atomic mass is 10.3. The first-order valence-corrected chi connectivity index (χ1v) is 8.15. The Hall–Kier alpha value is -2.45. The molecule has 0 saturated heterocycles. The van der Waals surface area contributed by atoms with E-state index in [0.717, 1.165) is 15.6 Å². The van der Waals surface area contributed by atoms with Gasteiger partial charge in [0, 0.05) is 12.1 Å². The smallest absolute Gasteiger partial charge is 0.387 e. The van der Waals surface area contributed by atoms with Gasteiger partial charge in [-0.1, -0.05) is 17.7 Å². The van der Waals surface area contributed by atoms with Crippen molar-refractivity contribution in [3.05, 3.63) is 57.1 Å². The molecule has 2 aromatic heterocycles. The van der Waals surface area contributed by atoms with Gasteiger partial charge in [0.2, 0.25) is 5.91 Å². The van der Waals surface area contributed by atoms with Crippen molar-refractivity contribution in [2.45, 2.75) is 13.0 Å². The molecule has 0 bridgehead atoms. The molecular formula is C15H11ClFN3O3S. The fourth-order valence-corrected chi connectivity index (χ4v) is 2.78. The van der Waals surface area contributed by atoms with Gasteiger partial charge in [-0.25, -0.2) is 9.18 Å². The Labute approximate surface area is 144 Å². The molecular weight excluding hydrogens is 357 g/mol. The number of aryl methyl sites for hydroxylation is 1. The number of rotatable bonds is 5. The quantitative estimate of drug-likeness (QED) is 0.749. The van der Waals surface area contributed by atoms with Gasteiger partial charge < -0.3 is 9.73 Å². The summed E-state index contributed by atoms with van der Waals surface area (Å²) in [4.78, 5) is 24.4. The van der Waals surface area contributed by atoms with Crippen molar-refractivity contribution in [3.63, 3.8) is 0 Å². The van der Waals surface area contributed by atoms with Crippen LogP contribution < -0.4 is 11.1 Å². The van der Waals surface area contributed by atoms with Crippen molar-refractivity contribution in [2.75, 3.05) is 5.32 Å². The molecule has 0 aliphatic rings. The first-order valence-electron chi connectivity index (χ1n) is 6.89. The van der Waals surface area contributed by atoms with E-state index in [-0.39, 0.29) is 29.8 Å². The Morgan fingerprint density at radius 2 is 2.25 bits per heavy atom. The van der Waals surface area contributed by atoms with Gasteiger partial charge in [0.25, 0.3) is 5.89 Å². The number of hydrogen-bond acceptors (Lipinski definition) is 5. The summed E-state index contributed by atoms with van der Waals surface area (Å²) in [5.74, 6) is -1.33. The third-order valence-electron chi connectivity index (χ3n) is 3.09. The number of amides is 1. The molecule has 1 amide bonds. The van der Waals surface area contributed by atoms with Crippen LogP contribution in [0.25, 0.3) is 10.8 Å². The van der Waals surface area contributed by atoms with E-state index in [1.807, 2.05) is 11.4 Å². The van der Waals surface area contributed by atoms with Crippen molar-refractivity contribution in [3.8, 4) is 10.8 Å². The van der Waals surface area contributed by atoms with Crippen molar-refractivity contribution in [2.24, 2.45) is 0 Å². The molecule has 1 aromatic carbocycles. The minimum absolute atomic E-state index is 0.00527. The van der Waals surface area contributed by atoms with E-state index in [9.17, 15) is 14.0 Å². The molecule has 3 rings (SSSR count). The summed E-state index contributed by atoms with van der Waals surface area (Å²) in [7, 11) is 0. The van der Waals surface area contributed by atoms with Crippen molar-refractivity contribution in [1.29, 1.82) is 0 Å². The van der Waals surface area contributed by atoms with Crippen LogP contribution in [-0.2, 0) is 11.3 Å². The van der Waals surface area contributed by atoms with Crippen LogP contribution >= 0.6 is 22.9 Å². The van der Waals surface area contributed by atoms with Gasteiger partial charge in [0.05, 0.1) is 16.4 Å². The maximum atomic E-state index is 13.1. The van der Waals surface area contributed by atoms with Crippen molar-refractivity contribution >= 4 is 34.5 Å². The highest BCUT2D eigenvalue weighted by Gasteiger charge is 2.12. The number of thiophene rings is 1. The van der Waals surface area contributed by atoms with Gasteiger partial charge in [0.15, 0.2) is 0 Å². The zero-order valence-electron chi connectivity index (χ0n) is 12.2. The predicted octanol–water partition coefficient (Wildman–Crippen LogP) is 3.39. The zero-order chi connectivity index (χ0) is 17.1. The van der Waals surface area contributed by atoms with Gasteiger partial charge in [-0.2, -0.15) is 4.68 Å². The van der Waals surface area contributed by atoms with E-state index in [4.69, 9.17) is 16.0 Å². The Morgan fingerprint density at radius 1 is 1.42 bits per heavy atom. The summed E-state index contributed by atoms with van der Waals surface area (Å²) >= 11 is 7.05. The number of halogens is 2. The van der Waals surface area contributed by atoms with Gasteiger partial charge in [-0.3, -0.25) is 4.79 Å². The molecule has 1 N–H and O–H groups in total. The van der Waals surface area contributed by atoms with E-state index in [1.54, 1.807) is 6.07 Å². The topological polar surface area (TPSA) is 77.1 Å². The number of carbonyl (C=O) groups excluding carboxylic acids is 1. The molecule has 0 unspecified atom stereocenters. The van der Waals surface area contributed by atoms with Gasteiger partial charge in [0.1, 0.15) is 5.82 Å². The first-order chi connectivity index (χ1) is 11.5. The Balaban J connectivity index is 1.62. The average molecular weight is 368 g/mol. The highest BCUT2D eigenvalue weighted by atomic mass is 35.5. The molecule has 0 aliphatic heterocycles. The molecule has 0 radical (unpaired) electrons. The van der Waals surface area contributed by atoms with Gasteiger partial charge in [-0.05, 0) is 29.6 Å². The zero-order valence-corrected chi connectivity index (χ0v) is 13.7. The third-order valence-corrected chi connectivity index (χ3v) is 4.24. The van der Waals surface area contributed by atoms with Crippen LogP contribution in [0.1, 0.15) is 6.42 Å². The largest absolute Gasteiger partial charge is 0.437 e. The van der Waals surface area contributed by atoms with Crippen LogP contribution in [0.3, 0.4) is 0 Å². The highest BCUT2D eigenvalue weighted by Crippen LogP contribution is 2.21. The molecule has 124 valence electrons. The van der Waals surface area contributed by atoms with Crippen molar-refractivity contribution in [1.82, 2.24) is 9.78 Å². The number of nitrogens with zero attached hydrogens (tertiary/aromatic N) is 2. The average Bonchev–Trinajstić information content (AvgIpc) is 3.18. The predicted molar refractivity (Wildman–Crippen MR) is 88.7 cm³/mol. The van der Waals surface area contributed by atoms with Crippen LogP contribution in [-0.4, -0.2) is 15.7 Å². The number of aromatic nitrogens is 2. The summed E-state index contributed by atoms with van der Waals surface area (Å²) in [5, 5.41) is 8.39. The number of benzene rings is 1. The molecule has 0 aliphatic carbocycles. The first kappa shape index (κ1) is 16.4. The SMILES string of the molecule is O=C(CCn1nc(-c2cccs2)oc1=O)Nc1ccc(F)c(Cl)c1. The van der Waals surface area contributed by atoms with Crippen molar-refractivity contribution < 1.29 is 13.6 Å². The Kier molecular flexibility index (Phi) is 4.77. The van der Waals surface area contributed by atoms with Gasteiger partial charge in [-0.15, -0.1) is 16.4 Å². The standard InChI is InChI=1S/C15H11ClFN3O3S/c16-10-8-9(3-4-11(10)17)18-13(21)5-6-20-15(22)23-14(19-20)12-2-1-7-24-12/h1-4,7-8H,5-6H2,(H,18,21). The molecule has 3 aromatic rings. The minimum atomic E-state index is -0.629. The van der Waals surface area contributed by atoms with E-state index in [1.165, 1.54) is 23.5 Å². The fourth-order valence-electron chi connectivity index (χ4n) is 1.95. The lowest BCUT2D eigenvalue weighted by Crippen LogP contribution is -2.20. The second-order valence-electron chi connectivity index (χ2n) is 4.80. The van der Waals surface area contributed by atoms with Gasteiger partial charge >= 0.3 is 5.76 Å². The number of carbonyl (C=O) groups is 1. The van der Waals surface area contributed by atoms with Crippen LogP contribution in [0.4, 0.5) is 10.1 Å². The summed E-state index contributed by atoms with van der Waals surface area (Å²) in [5.41, 5.74) is 0.373. The number of hydrogen-bond donors (Lipinski definition) is 1. The molecule has 2 heterocycles. The minimum Gasteiger partial charge on any atom is -0.387 e. The summed E-state index contributed by atoms with van der Waals surface area (Å²) in [6.07, 6.45) is 0.00527. The molecule has 0 fully saturated rings. The summed E-state index contributed by atoms with van der Waals surface area (Å²) in [6, 6.07) is 7.47. The van der Waals surface area contributed by atoms with Crippen LogP contribution in [0.5, 0.6) is 0 Å². The molecule has 0 atom stereocenters. The molecule has 9 heteroatoms. The third kappa shape index (κ3) is 3.72. The van der Waals surface area contributed by atoms with Crippen LogP contribution in [0.2, 0.25) is 5.02 Å². The second-order valence-corrected chi connectivity index (χ2v) is 6.16. The molecule has 0 saturated carbocycles. The molecule has 24 heavy (non-hydrogen) atoms. The normalized spacial score (nSPS) is 10.8. The van der Waals surface area contributed by atoms with E-state index in [2.05, 4.69) is 10.4 Å². The van der Waals surface area contributed by atoms with Crippen LogP contribution in [0.15, 0.2) is 44.9 Å². The lowest BCUT2D eigenvalue weighted by Gasteiger charge is -2.05. The lowest BCUT2D eigenvalue weighted by molar-refractivity contribution is -0.116. The van der Waals surface area contributed by atoms with Crippen LogP contribution in [0, 0.1) is 5.82 Å². The molecule has 0 spiro atoms.